The Morgan fingerprint density at radius 1 is 1.17 bits per heavy atom. The molecule has 1 aromatic carbocycles. The van der Waals surface area contributed by atoms with Crippen LogP contribution in [0, 0.1) is 0 Å². The number of likely N-dealkylation sites (N-methyl/N-ethyl adjacent to an activating group) is 1. The number of benzene rings is 1. The molecular weight excluding hydrogens is 364 g/mol. The Labute approximate surface area is 136 Å². The zero-order valence-electron chi connectivity index (χ0n) is 12.4. The highest BCUT2D eigenvalue weighted by atomic mass is 31.2. The second-order valence-corrected chi connectivity index (χ2v) is 8.50. The molecule has 0 aliphatic carbocycles. The molecule has 11 nitrogen and oxygen atoms in total. The van der Waals surface area contributed by atoms with Crippen LogP contribution >= 0.6 is 15.2 Å². The van der Waals surface area contributed by atoms with E-state index < -0.39 is 32.3 Å². The predicted octanol–water partition coefficient (Wildman–Crippen LogP) is -0.245. The molecule has 1 aromatic rings. The minimum Gasteiger partial charge on any atom is -0.357 e. The highest BCUT2D eigenvalue weighted by molar-refractivity contribution is 7.71. The molecule has 6 N–H and O–H groups in total. The summed E-state index contributed by atoms with van der Waals surface area (Å²) < 4.78 is 22.4. The van der Waals surface area contributed by atoms with E-state index >= 15 is 0 Å². The number of hydrogen-bond acceptors (Lipinski definition) is 6. The highest BCUT2D eigenvalue weighted by Crippen LogP contribution is 2.68. The van der Waals surface area contributed by atoms with Gasteiger partial charge in [0.25, 0.3) is 0 Å². The highest BCUT2D eigenvalue weighted by Gasteiger charge is 2.61. The maximum absolute atomic E-state index is 11.8. The van der Waals surface area contributed by atoms with E-state index in [-0.39, 0.29) is 6.42 Å². The average Bonchev–Trinajstić information content (AvgIpc) is 2.49. The largest absolute Gasteiger partial charge is 0.394 e. The maximum atomic E-state index is 11.8. The van der Waals surface area contributed by atoms with Crippen molar-refractivity contribution in [1.29, 1.82) is 0 Å². The van der Waals surface area contributed by atoms with Crippen molar-refractivity contribution in [2.45, 2.75) is 17.7 Å². The molecule has 0 saturated heterocycles. The molecule has 13 heteroatoms. The van der Waals surface area contributed by atoms with Crippen molar-refractivity contribution in [3.8, 4) is 0 Å². The zero-order chi connectivity index (χ0) is 18.6. The molecule has 134 valence electrons. The van der Waals surface area contributed by atoms with Crippen LogP contribution in [0.15, 0.2) is 40.6 Å². The molecule has 0 fully saturated rings. The molecule has 1 amide bonds. The summed E-state index contributed by atoms with van der Waals surface area (Å²) >= 11 is 0. The molecule has 0 saturated carbocycles. The van der Waals surface area contributed by atoms with Crippen LogP contribution in [0.1, 0.15) is 5.56 Å². The molecule has 0 aliphatic rings. The van der Waals surface area contributed by atoms with Crippen molar-refractivity contribution in [3.05, 3.63) is 35.9 Å². The number of carbonyl (C=O) groups excluding carboxylic acids is 1. The predicted molar refractivity (Wildman–Crippen MR) is 81.9 cm³/mol. The van der Waals surface area contributed by atoms with Crippen molar-refractivity contribution in [2.75, 3.05) is 7.05 Å². The molecule has 1 rings (SSSR count). The van der Waals surface area contributed by atoms with Gasteiger partial charge in [0.15, 0.2) is 6.04 Å². The summed E-state index contributed by atoms with van der Waals surface area (Å²) in [6.45, 7) is 0. The second-order valence-electron chi connectivity index (χ2n) is 4.72. The number of nitrogens with one attached hydrogen (secondary N) is 1. The summed E-state index contributed by atoms with van der Waals surface area (Å²) in [5.41, 5.74) is 0.612. The van der Waals surface area contributed by atoms with Crippen molar-refractivity contribution in [1.82, 2.24) is 5.32 Å². The number of rotatable bonds is 7. The number of azo groups is 1. The Hall–Kier alpha value is -1.45. The van der Waals surface area contributed by atoms with Gasteiger partial charge in [0.1, 0.15) is 0 Å². The number of amides is 1. The van der Waals surface area contributed by atoms with Gasteiger partial charge in [0, 0.05) is 13.5 Å². The maximum Gasteiger partial charge on any atom is 0.394 e. The quantitative estimate of drug-likeness (QED) is 0.275. The van der Waals surface area contributed by atoms with Crippen molar-refractivity contribution in [2.24, 2.45) is 10.2 Å². The molecule has 0 spiro atoms. The van der Waals surface area contributed by atoms with Crippen LogP contribution in [0.2, 0.25) is 0 Å². The van der Waals surface area contributed by atoms with Crippen LogP contribution < -0.4 is 5.32 Å². The Morgan fingerprint density at radius 2 is 1.67 bits per heavy atom. The van der Waals surface area contributed by atoms with Gasteiger partial charge in [0.05, 0.1) is 0 Å². The lowest BCUT2D eigenvalue weighted by molar-refractivity contribution is -0.121. The number of aliphatic hydroxyl groups is 1. The smallest absolute Gasteiger partial charge is 0.357 e. The van der Waals surface area contributed by atoms with E-state index in [0.29, 0.717) is 5.56 Å². The summed E-state index contributed by atoms with van der Waals surface area (Å²) in [7, 11) is -10.3. The van der Waals surface area contributed by atoms with Gasteiger partial charge >= 0.3 is 20.4 Å². The van der Waals surface area contributed by atoms with E-state index in [2.05, 4.69) is 15.5 Å². The molecule has 0 bridgehead atoms. The second kappa shape index (κ2) is 7.62. The van der Waals surface area contributed by atoms with E-state index in [1.54, 1.807) is 30.3 Å². The molecule has 0 heterocycles. The van der Waals surface area contributed by atoms with Crippen LogP contribution in [-0.2, 0) is 20.3 Å². The lowest BCUT2D eigenvalue weighted by Gasteiger charge is -2.24. The Morgan fingerprint density at radius 3 is 2.08 bits per heavy atom. The molecule has 0 aliphatic heterocycles. The van der Waals surface area contributed by atoms with Crippen molar-refractivity contribution >= 4 is 21.1 Å². The van der Waals surface area contributed by atoms with Gasteiger partial charge in [-0.25, -0.2) is 0 Å². The van der Waals surface area contributed by atoms with E-state index in [0.717, 1.165) is 0 Å². The van der Waals surface area contributed by atoms with E-state index in [9.17, 15) is 19.0 Å². The third-order valence-electron chi connectivity index (χ3n) is 2.93. The molecule has 0 unspecified atom stereocenters. The fraction of sp³-hybridized carbons (Fsp3) is 0.364. The normalized spacial score (nSPS) is 14.6. The zero-order valence-corrected chi connectivity index (χ0v) is 14.2. The average molecular weight is 381 g/mol. The number of carbonyl (C=O) groups is 1. The van der Waals surface area contributed by atoms with E-state index in [4.69, 9.17) is 19.6 Å². The summed E-state index contributed by atoms with van der Waals surface area (Å²) in [5, 5.41) is 13.8. The van der Waals surface area contributed by atoms with Gasteiger partial charge in [-0.2, -0.15) is 5.11 Å². The fourth-order valence-electron chi connectivity index (χ4n) is 1.62. The Bertz CT molecular complexity index is 676. The summed E-state index contributed by atoms with van der Waals surface area (Å²) in [5.74, 6) is -0.721. The fourth-order valence-corrected chi connectivity index (χ4v) is 3.32. The van der Waals surface area contributed by atoms with E-state index in [1.165, 1.54) is 7.05 Å². The number of hydrogen-bond donors (Lipinski definition) is 6. The molecule has 24 heavy (non-hydrogen) atoms. The first-order chi connectivity index (χ1) is 10.9. The Balaban J connectivity index is 3.21. The minimum absolute atomic E-state index is 0.0671. The topological polar surface area (TPSA) is 189 Å². The van der Waals surface area contributed by atoms with Crippen LogP contribution in [0.5, 0.6) is 0 Å². The lowest BCUT2D eigenvalue weighted by atomic mass is 10.1. The number of nitrogens with zero attached hydrogens (tertiary/aromatic N) is 2. The molecular formula is C11H17N3O8P2. The monoisotopic (exact) mass is 381 g/mol. The summed E-state index contributed by atoms with van der Waals surface area (Å²) in [6, 6.07) is 7.00. The van der Waals surface area contributed by atoms with Crippen LogP contribution in [0.4, 0.5) is 0 Å². The Kier molecular flexibility index (Phi) is 6.54. The SMILES string of the molecule is CNC(=O)[C@H](Cc1ccccc1)N=NC(O)(P(=O)(O)O)P(=O)(O)O. The van der Waals surface area contributed by atoms with Crippen LogP contribution in [0.25, 0.3) is 0 Å². The third-order valence-corrected chi connectivity index (χ3v) is 6.24. The van der Waals surface area contributed by atoms with E-state index in [1.807, 2.05) is 0 Å². The van der Waals surface area contributed by atoms with Crippen molar-refractivity contribution < 1.29 is 38.6 Å². The van der Waals surface area contributed by atoms with Crippen LogP contribution in [0.3, 0.4) is 0 Å². The molecule has 1 atom stereocenters. The first-order valence-corrected chi connectivity index (χ1v) is 9.66. The minimum atomic E-state index is -5.79. The third kappa shape index (κ3) is 4.78. The van der Waals surface area contributed by atoms with Crippen molar-refractivity contribution in [3.63, 3.8) is 0 Å². The van der Waals surface area contributed by atoms with Gasteiger partial charge < -0.3 is 30.0 Å². The van der Waals surface area contributed by atoms with Gasteiger partial charge in [-0.3, -0.25) is 13.9 Å². The first kappa shape index (κ1) is 20.6. The molecule has 0 radical (unpaired) electrons. The summed E-state index contributed by atoms with van der Waals surface area (Å²) in [4.78, 5) is 47.7. The van der Waals surface area contributed by atoms with Gasteiger partial charge in [-0.1, -0.05) is 30.3 Å². The standard InChI is InChI=1S/C11H17N3O8P2/c1-12-10(15)9(7-8-5-3-2-4-6-8)13-14-11(16,23(17,18)19)24(20,21)22/h2-6,9,16H,7H2,1H3,(H,12,15)(H2,17,18,19)(H2,20,21,22)/t9-/m0/s1. The van der Waals surface area contributed by atoms with Gasteiger partial charge in [-0.15, -0.1) is 5.11 Å². The summed E-state index contributed by atoms with van der Waals surface area (Å²) in [6.07, 6.45) is -0.0671. The first-order valence-electron chi connectivity index (χ1n) is 6.43. The lowest BCUT2D eigenvalue weighted by Crippen LogP contribution is -2.33. The molecule has 0 aromatic heterocycles. The van der Waals surface area contributed by atoms with Crippen LogP contribution in [-0.4, -0.2) is 48.9 Å². The van der Waals surface area contributed by atoms with Gasteiger partial charge in [0.2, 0.25) is 5.91 Å². The van der Waals surface area contributed by atoms with Gasteiger partial charge in [-0.05, 0) is 5.56 Å².